The van der Waals surface area contributed by atoms with E-state index in [-0.39, 0.29) is 5.41 Å². The van der Waals surface area contributed by atoms with Crippen molar-refractivity contribution in [1.82, 2.24) is 4.98 Å². The second-order valence-corrected chi connectivity index (χ2v) is 7.71. The molecule has 0 aliphatic rings. The summed E-state index contributed by atoms with van der Waals surface area (Å²) in [6.45, 7) is 6.61. The van der Waals surface area contributed by atoms with Gasteiger partial charge in [-0.3, -0.25) is 0 Å². The van der Waals surface area contributed by atoms with Crippen LogP contribution in [-0.4, -0.2) is 12.1 Å². The summed E-state index contributed by atoms with van der Waals surface area (Å²) in [4.78, 5) is 4.84. The van der Waals surface area contributed by atoms with Crippen molar-refractivity contribution < 1.29 is 9.15 Å². The number of oxazole rings is 1. The second-order valence-electron chi connectivity index (χ2n) is 7.71. The Morgan fingerprint density at radius 2 is 1.56 bits per heavy atom. The third-order valence-corrected chi connectivity index (χ3v) is 4.78. The van der Waals surface area contributed by atoms with Crippen molar-refractivity contribution in [2.45, 2.75) is 26.2 Å². The highest BCUT2D eigenvalue weighted by atomic mass is 16.5. The lowest BCUT2D eigenvalue weighted by atomic mass is 9.85. The zero-order chi connectivity index (χ0) is 19.0. The molecule has 0 atom stereocenters. The van der Waals surface area contributed by atoms with Crippen LogP contribution >= 0.6 is 0 Å². The monoisotopic (exact) mass is 357 g/mol. The Balaban J connectivity index is 2.02. The molecular weight excluding hydrogens is 334 g/mol. The molecule has 0 saturated carbocycles. The minimum absolute atomic E-state index is 0.00927. The van der Waals surface area contributed by atoms with Gasteiger partial charge in [-0.2, -0.15) is 0 Å². The summed E-state index contributed by atoms with van der Waals surface area (Å²) in [5, 5.41) is 0. The van der Waals surface area contributed by atoms with Crippen molar-refractivity contribution in [2.24, 2.45) is 0 Å². The first-order chi connectivity index (χ1) is 13.0. The van der Waals surface area contributed by atoms with Crippen LogP contribution in [-0.2, 0) is 5.41 Å². The van der Waals surface area contributed by atoms with Gasteiger partial charge in [0.25, 0.3) is 0 Å². The first kappa shape index (κ1) is 17.3. The van der Waals surface area contributed by atoms with Gasteiger partial charge in [-0.1, -0.05) is 57.2 Å². The van der Waals surface area contributed by atoms with Gasteiger partial charge in [-0.15, -0.1) is 0 Å². The van der Waals surface area contributed by atoms with Gasteiger partial charge in [0.05, 0.1) is 7.11 Å². The zero-order valence-corrected chi connectivity index (χ0v) is 16.1. The van der Waals surface area contributed by atoms with E-state index in [0.717, 1.165) is 33.5 Å². The van der Waals surface area contributed by atoms with Crippen molar-refractivity contribution in [3.05, 3.63) is 72.3 Å². The Bertz CT molecular complexity index is 1090. The number of rotatable bonds is 3. The molecule has 3 aromatic carbocycles. The highest BCUT2D eigenvalue weighted by molar-refractivity contribution is 5.94. The Labute approximate surface area is 159 Å². The molecule has 0 saturated heterocycles. The third kappa shape index (κ3) is 3.21. The fraction of sp³-hybridized carbons (Fsp3) is 0.208. The normalized spacial score (nSPS) is 11.7. The Kier molecular flexibility index (Phi) is 4.23. The Morgan fingerprint density at radius 3 is 2.26 bits per heavy atom. The van der Waals surface area contributed by atoms with Crippen LogP contribution < -0.4 is 4.74 Å². The first-order valence-corrected chi connectivity index (χ1v) is 9.11. The molecule has 27 heavy (non-hydrogen) atoms. The van der Waals surface area contributed by atoms with Crippen LogP contribution in [0.3, 0.4) is 0 Å². The molecule has 0 N–H and O–H groups in total. The lowest BCUT2D eigenvalue weighted by Gasteiger charge is -2.20. The first-order valence-electron chi connectivity index (χ1n) is 9.11. The number of hydrogen-bond donors (Lipinski definition) is 0. The van der Waals surface area contributed by atoms with E-state index in [1.807, 2.05) is 48.5 Å². The maximum atomic E-state index is 6.17. The van der Waals surface area contributed by atoms with E-state index in [1.54, 1.807) is 7.11 Å². The number of hydrogen-bond acceptors (Lipinski definition) is 3. The average Bonchev–Trinajstić information content (AvgIpc) is 3.11. The molecule has 4 rings (SSSR count). The van der Waals surface area contributed by atoms with Crippen LogP contribution in [0.25, 0.3) is 33.7 Å². The van der Waals surface area contributed by atoms with Gasteiger partial charge in [-0.25, -0.2) is 4.98 Å². The number of nitrogens with zero attached hydrogens (tertiary/aromatic N) is 1. The average molecular weight is 357 g/mol. The predicted molar refractivity (Wildman–Crippen MR) is 110 cm³/mol. The van der Waals surface area contributed by atoms with Gasteiger partial charge in [0.15, 0.2) is 5.58 Å². The summed E-state index contributed by atoms with van der Waals surface area (Å²) >= 11 is 0. The van der Waals surface area contributed by atoms with Gasteiger partial charge in [0, 0.05) is 16.7 Å². The van der Waals surface area contributed by atoms with Gasteiger partial charge in [-0.05, 0) is 41.3 Å². The van der Waals surface area contributed by atoms with E-state index in [1.165, 1.54) is 5.56 Å². The maximum Gasteiger partial charge on any atom is 0.227 e. The number of fused-ring (bicyclic) bond motifs is 1. The van der Waals surface area contributed by atoms with Crippen molar-refractivity contribution in [3.63, 3.8) is 0 Å². The number of ether oxygens (including phenoxy) is 1. The smallest absolute Gasteiger partial charge is 0.227 e. The number of methoxy groups -OCH3 is 1. The SMILES string of the molecule is COc1ccccc1-c1cc(C(C)(C)C)cc2oc(-c3ccccc3)nc12. The quantitative estimate of drug-likeness (QED) is 0.421. The molecule has 0 radical (unpaired) electrons. The number of para-hydroxylation sites is 1. The highest BCUT2D eigenvalue weighted by Gasteiger charge is 2.21. The van der Waals surface area contributed by atoms with Crippen LogP contribution in [0.15, 0.2) is 71.1 Å². The number of benzene rings is 3. The van der Waals surface area contributed by atoms with Gasteiger partial charge >= 0.3 is 0 Å². The highest BCUT2D eigenvalue weighted by Crippen LogP contribution is 2.39. The molecule has 3 nitrogen and oxygen atoms in total. The fourth-order valence-electron chi connectivity index (χ4n) is 3.24. The van der Waals surface area contributed by atoms with Gasteiger partial charge in [0.2, 0.25) is 5.89 Å². The topological polar surface area (TPSA) is 35.3 Å². The van der Waals surface area contributed by atoms with Crippen LogP contribution in [0.2, 0.25) is 0 Å². The molecule has 0 aliphatic heterocycles. The second kappa shape index (κ2) is 6.58. The van der Waals surface area contributed by atoms with Crippen molar-refractivity contribution in [2.75, 3.05) is 7.11 Å². The third-order valence-electron chi connectivity index (χ3n) is 4.78. The molecule has 1 heterocycles. The summed E-state index contributed by atoms with van der Waals surface area (Å²) in [6, 6.07) is 22.3. The molecule has 1 aromatic heterocycles. The molecule has 0 fully saturated rings. The largest absolute Gasteiger partial charge is 0.496 e. The van der Waals surface area contributed by atoms with E-state index in [9.17, 15) is 0 Å². The molecule has 0 amide bonds. The summed E-state index contributed by atoms with van der Waals surface area (Å²) in [6.07, 6.45) is 0. The zero-order valence-electron chi connectivity index (χ0n) is 16.1. The minimum atomic E-state index is -0.00927. The lowest BCUT2D eigenvalue weighted by Crippen LogP contribution is -2.11. The van der Waals surface area contributed by atoms with Crippen LogP contribution in [0.4, 0.5) is 0 Å². The Morgan fingerprint density at radius 1 is 0.852 bits per heavy atom. The molecule has 0 unspecified atom stereocenters. The van der Waals surface area contributed by atoms with Crippen LogP contribution in [0.1, 0.15) is 26.3 Å². The summed E-state index contributed by atoms with van der Waals surface area (Å²) in [7, 11) is 1.70. The van der Waals surface area contributed by atoms with Gasteiger partial charge < -0.3 is 9.15 Å². The maximum absolute atomic E-state index is 6.17. The van der Waals surface area contributed by atoms with E-state index >= 15 is 0 Å². The molecule has 0 bridgehead atoms. The fourth-order valence-corrected chi connectivity index (χ4v) is 3.24. The van der Waals surface area contributed by atoms with Gasteiger partial charge in [0.1, 0.15) is 11.3 Å². The van der Waals surface area contributed by atoms with Crippen molar-refractivity contribution in [1.29, 1.82) is 0 Å². The summed E-state index contributed by atoms with van der Waals surface area (Å²) in [5.41, 5.74) is 5.85. The molecular formula is C24H23NO2. The summed E-state index contributed by atoms with van der Waals surface area (Å²) in [5.74, 6) is 1.46. The number of aromatic nitrogens is 1. The van der Waals surface area contributed by atoms with Crippen LogP contribution in [0, 0.1) is 0 Å². The molecule has 4 aromatic rings. The van der Waals surface area contributed by atoms with Crippen molar-refractivity contribution >= 4 is 11.1 Å². The standard InChI is InChI=1S/C24H23NO2/c1-24(2,3)17-14-19(18-12-8-9-13-20(18)26-4)22-21(15-17)27-23(25-22)16-10-6-5-7-11-16/h5-15H,1-4H3. The lowest BCUT2D eigenvalue weighted by molar-refractivity contribution is 0.416. The Hall–Kier alpha value is -3.07. The minimum Gasteiger partial charge on any atom is -0.496 e. The molecule has 136 valence electrons. The van der Waals surface area contributed by atoms with E-state index < -0.39 is 0 Å². The predicted octanol–water partition coefficient (Wildman–Crippen LogP) is 6.47. The molecule has 0 spiro atoms. The molecule has 0 aliphatic carbocycles. The van der Waals surface area contributed by atoms with E-state index in [0.29, 0.717) is 5.89 Å². The van der Waals surface area contributed by atoms with Crippen molar-refractivity contribution in [3.8, 4) is 28.3 Å². The molecule has 3 heteroatoms. The summed E-state index contributed by atoms with van der Waals surface area (Å²) < 4.78 is 11.8. The van der Waals surface area contributed by atoms with E-state index in [4.69, 9.17) is 14.1 Å². The van der Waals surface area contributed by atoms with E-state index in [2.05, 4.69) is 39.0 Å². The van der Waals surface area contributed by atoms with Crippen LogP contribution in [0.5, 0.6) is 5.75 Å².